The summed E-state index contributed by atoms with van der Waals surface area (Å²) in [7, 11) is 0. The largest absolute Gasteiger partial charge is 0.474 e. The van der Waals surface area contributed by atoms with E-state index in [9.17, 15) is 13.2 Å². The van der Waals surface area contributed by atoms with Crippen LogP contribution >= 0.6 is 22.6 Å². The number of rotatable bonds is 2. The standard InChI is InChI=1S/C14H17F3INO/c1-13(2)7-5-9(6-8-13)20-12-10(18)3-4-11(19-12)14(15,16)17/h3-4,9H,5-8H2,1-2H3. The van der Waals surface area contributed by atoms with Crippen molar-refractivity contribution in [3.8, 4) is 5.88 Å². The van der Waals surface area contributed by atoms with Gasteiger partial charge in [-0.1, -0.05) is 13.8 Å². The van der Waals surface area contributed by atoms with Gasteiger partial charge in [0.15, 0.2) is 0 Å². The second-order valence-electron chi connectivity index (χ2n) is 5.96. The van der Waals surface area contributed by atoms with Crippen molar-refractivity contribution < 1.29 is 17.9 Å². The van der Waals surface area contributed by atoms with Crippen LogP contribution in [0.25, 0.3) is 0 Å². The molecule has 1 aliphatic carbocycles. The molecule has 0 aliphatic heterocycles. The second kappa shape index (κ2) is 5.69. The maximum Gasteiger partial charge on any atom is 0.433 e. The van der Waals surface area contributed by atoms with E-state index in [4.69, 9.17) is 4.74 Å². The molecule has 20 heavy (non-hydrogen) atoms. The number of pyridine rings is 1. The van der Waals surface area contributed by atoms with Crippen molar-refractivity contribution in [2.45, 2.75) is 51.8 Å². The molecule has 1 heterocycles. The first-order valence-corrected chi connectivity index (χ1v) is 7.66. The highest BCUT2D eigenvalue weighted by atomic mass is 127. The molecule has 1 aromatic rings. The summed E-state index contributed by atoms with van der Waals surface area (Å²) in [6.45, 7) is 4.41. The Morgan fingerprint density at radius 1 is 1.25 bits per heavy atom. The minimum absolute atomic E-state index is 0.0347. The molecule has 0 aromatic carbocycles. The van der Waals surface area contributed by atoms with Crippen LogP contribution in [-0.2, 0) is 6.18 Å². The molecule has 0 saturated heterocycles. The van der Waals surface area contributed by atoms with E-state index >= 15 is 0 Å². The number of aromatic nitrogens is 1. The number of halogens is 4. The Morgan fingerprint density at radius 2 is 1.85 bits per heavy atom. The lowest BCUT2D eigenvalue weighted by Gasteiger charge is -2.34. The topological polar surface area (TPSA) is 22.1 Å². The first kappa shape index (κ1) is 15.9. The maximum atomic E-state index is 12.7. The molecule has 112 valence electrons. The minimum atomic E-state index is -4.43. The average Bonchev–Trinajstić information content (AvgIpc) is 2.33. The van der Waals surface area contributed by atoms with Gasteiger partial charge in [-0.15, -0.1) is 0 Å². The third-order valence-corrected chi connectivity index (χ3v) is 4.49. The lowest BCUT2D eigenvalue weighted by Crippen LogP contribution is -2.29. The zero-order chi connectivity index (χ0) is 15.0. The molecule has 0 atom stereocenters. The van der Waals surface area contributed by atoms with Crippen molar-refractivity contribution in [2.24, 2.45) is 5.41 Å². The van der Waals surface area contributed by atoms with E-state index in [0.717, 1.165) is 31.7 Å². The summed E-state index contributed by atoms with van der Waals surface area (Å²) in [5.41, 5.74) is -0.599. The lowest BCUT2D eigenvalue weighted by atomic mass is 9.76. The van der Waals surface area contributed by atoms with E-state index in [1.54, 1.807) is 0 Å². The molecule has 2 rings (SSSR count). The Kier molecular flexibility index (Phi) is 4.51. The van der Waals surface area contributed by atoms with Crippen LogP contribution in [0.4, 0.5) is 13.2 Å². The molecular weight excluding hydrogens is 382 g/mol. The Labute approximate surface area is 130 Å². The SMILES string of the molecule is CC1(C)CCC(Oc2nc(C(F)(F)F)ccc2I)CC1. The summed E-state index contributed by atoms with van der Waals surface area (Å²) >= 11 is 1.95. The predicted molar refractivity (Wildman–Crippen MR) is 78.6 cm³/mol. The molecule has 0 amide bonds. The second-order valence-corrected chi connectivity index (χ2v) is 7.12. The molecule has 6 heteroatoms. The Bertz CT molecular complexity index is 478. The summed E-state index contributed by atoms with van der Waals surface area (Å²) in [5.74, 6) is 0.102. The Hall–Kier alpha value is -0.530. The Morgan fingerprint density at radius 3 is 2.40 bits per heavy atom. The highest BCUT2D eigenvalue weighted by Crippen LogP contribution is 2.37. The third-order valence-electron chi connectivity index (χ3n) is 3.67. The van der Waals surface area contributed by atoms with Crippen LogP contribution in [-0.4, -0.2) is 11.1 Å². The van der Waals surface area contributed by atoms with Crippen molar-refractivity contribution in [1.82, 2.24) is 4.98 Å². The quantitative estimate of drug-likeness (QED) is 0.650. The molecule has 0 N–H and O–H groups in total. The smallest absolute Gasteiger partial charge is 0.433 e. The van der Waals surface area contributed by atoms with Gasteiger partial charge in [0, 0.05) is 0 Å². The van der Waals surface area contributed by atoms with Crippen molar-refractivity contribution in [3.05, 3.63) is 21.4 Å². The summed E-state index contributed by atoms with van der Waals surface area (Å²) in [6.07, 6.45) is -0.702. The molecular formula is C14H17F3INO. The summed E-state index contributed by atoms with van der Waals surface area (Å²) in [4.78, 5) is 3.62. The van der Waals surface area contributed by atoms with E-state index in [1.807, 2.05) is 22.6 Å². The first-order valence-electron chi connectivity index (χ1n) is 6.58. The molecule has 1 aliphatic rings. The van der Waals surface area contributed by atoms with Crippen LogP contribution in [0.2, 0.25) is 0 Å². The molecule has 0 spiro atoms. The monoisotopic (exact) mass is 399 g/mol. The van der Waals surface area contributed by atoms with Crippen molar-refractivity contribution in [1.29, 1.82) is 0 Å². The number of nitrogens with zero attached hydrogens (tertiary/aromatic N) is 1. The van der Waals surface area contributed by atoms with Gasteiger partial charge in [0.05, 0.1) is 3.57 Å². The van der Waals surface area contributed by atoms with Gasteiger partial charge in [0.2, 0.25) is 5.88 Å². The van der Waals surface area contributed by atoms with E-state index in [1.165, 1.54) is 6.07 Å². The highest BCUT2D eigenvalue weighted by molar-refractivity contribution is 14.1. The van der Waals surface area contributed by atoms with Gasteiger partial charge >= 0.3 is 6.18 Å². The van der Waals surface area contributed by atoms with Gasteiger partial charge in [0.1, 0.15) is 11.8 Å². The van der Waals surface area contributed by atoms with Crippen LogP contribution in [0, 0.1) is 8.99 Å². The fourth-order valence-corrected chi connectivity index (χ4v) is 2.74. The van der Waals surface area contributed by atoms with E-state index in [2.05, 4.69) is 18.8 Å². The third kappa shape index (κ3) is 3.99. The van der Waals surface area contributed by atoms with Gasteiger partial charge in [-0.05, 0) is 65.8 Å². The van der Waals surface area contributed by atoms with Gasteiger partial charge in [0.25, 0.3) is 0 Å². The van der Waals surface area contributed by atoms with Crippen LogP contribution in [0.15, 0.2) is 12.1 Å². The van der Waals surface area contributed by atoms with E-state index in [0.29, 0.717) is 8.99 Å². The van der Waals surface area contributed by atoms with Crippen LogP contribution < -0.4 is 4.74 Å². The average molecular weight is 399 g/mol. The van der Waals surface area contributed by atoms with Gasteiger partial charge in [-0.3, -0.25) is 0 Å². The van der Waals surface area contributed by atoms with Gasteiger partial charge in [-0.25, -0.2) is 4.98 Å². The zero-order valence-corrected chi connectivity index (χ0v) is 13.6. The lowest BCUT2D eigenvalue weighted by molar-refractivity contribution is -0.141. The molecule has 1 fully saturated rings. The Balaban J connectivity index is 2.10. The number of hydrogen-bond donors (Lipinski definition) is 0. The number of alkyl halides is 3. The molecule has 0 bridgehead atoms. The molecule has 0 unspecified atom stereocenters. The zero-order valence-electron chi connectivity index (χ0n) is 11.4. The first-order chi connectivity index (χ1) is 9.17. The molecule has 0 radical (unpaired) electrons. The summed E-state index contributed by atoms with van der Waals surface area (Å²) < 4.78 is 44.3. The number of hydrogen-bond acceptors (Lipinski definition) is 2. The predicted octanol–water partition coefficient (Wildman–Crippen LogP) is 5.05. The normalized spacial score (nSPS) is 19.9. The van der Waals surface area contributed by atoms with E-state index in [-0.39, 0.29) is 12.0 Å². The van der Waals surface area contributed by atoms with Crippen molar-refractivity contribution in [2.75, 3.05) is 0 Å². The van der Waals surface area contributed by atoms with Crippen LogP contribution in [0.1, 0.15) is 45.2 Å². The fourth-order valence-electron chi connectivity index (χ4n) is 2.31. The summed E-state index contributed by atoms with van der Waals surface area (Å²) in [5, 5.41) is 0. The molecule has 1 saturated carbocycles. The van der Waals surface area contributed by atoms with E-state index < -0.39 is 11.9 Å². The van der Waals surface area contributed by atoms with Crippen molar-refractivity contribution in [3.63, 3.8) is 0 Å². The molecule has 2 nitrogen and oxygen atoms in total. The van der Waals surface area contributed by atoms with Crippen molar-refractivity contribution >= 4 is 22.6 Å². The minimum Gasteiger partial charge on any atom is -0.474 e. The highest BCUT2D eigenvalue weighted by Gasteiger charge is 2.34. The molecule has 1 aromatic heterocycles. The maximum absolute atomic E-state index is 12.7. The van der Waals surface area contributed by atoms with Crippen LogP contribution in [0.5, 0.6) is 5.88 Å². The van der Waals surface area contributed by atoms with Crippen LogP contribution in [0.3, 0.4) is 0 Å². The van der Waals surface area contributed by atoms with Gasteiger partial charge in [-0.2, -0.15) is 13.2 Å². The summed E-state index contributed by atoms with van der Waals surface area (Å²) in [6, 6.07) is 2.39. The van der Waals surface area contributed by atoms with Gasteiger partial charge < -0.3 is 4.74 Å². The number of ether oxygens (including phenoxy) is 1. The fraction of sp³-hybridized carbons (Fsp3) is 0.643.